The van der Waals surface area contributed by atoms with Crippen LogP contribution in [0.25, 0.3) is 22.5 Å². The first kappa shape index (κ1) is 25.6. The maximum Gasteiger partial charge on any atom is 0.232 e. The lowest BCUT2D eigenvalue weighted by atomic mass is 9.90. The van der Waals surface area contributed by atoms with Crippen molar-refractivity contribution in [1.82, 2.24) is 15.3 Å². The standard InChI is InChI=1S/C28H34N4O2.ClH/c29-17-20-1-3-24(4-2-20)27-28(25-7-5-22(6-8-25)23-11-15-33-16-12-23)32-26(18-31-27)34-19-21-9-13-30-14-10-21;/h1-8,18,21,23,30H,9-17,19,29H2;1H. The van der Waals surface area contributed by atoms with Gasteiger partial charge in [-0.2, -0.15) is 0 Å². The molecule has 0 aliphatic carbocycles. The van der Waals surface area contributed by atoms with Gasteiger partial charge in [-0.1, -0.05) is 48.5 Å². The van der Waals surface area contributed by atoms with E-state index in [1.807, 2.05) is 0 Å². The Bertz CT molecular complexity index is 1060. The van der Waals surface area contributed by atoms with Crippen LogP contribution in [0.1, 0.15) is 42.7 Å². The van der Waals surface area contributed by atoms with E-state index in [2.05, 4.69) is 53.8 Å². The molecule has 5 rings (SSSR count). The molecular formula is C28H35ClN4O2. The Hall–Kier alpha value is -2.51. The molecule has 0 amide bonds. The summed E-state index contributed by atoms with van der Waals surface area (Å²) in [4.78, 5) is 9.75. The number of hydrogen-bond donors (Lipinski definition) is 2. The Kier molecular flexibility index (Phi) is 9.10. The molecule has 7 heteroatoms. The molecule has 0 unspecified atom stereocenters. The molecule has 3 N–H and O–H groups in total. The summed E-state index contributed by atoms with van der Waals surface area (Å²) in [5.41, 5.74) is 12.0. The van der Waals surface area contributed by atoms with Gasteiger partial charge in [-0.05, 0) is 61.7 Å². The molecule has 0 saturated carbocycles. The average molecular weight is 495 g/mol. The highest BCUT2D eigenvalue weighted by Gasteiger charge is 2.19. The monoisotopic (exact) mass is 494 g/mol. The highest BCUT2D eigenvalue weighted by molar-refractivity contribution is 5.85. The third kappa shape index (κ3) is 6.39. The Balaban J connectivity index is 0.00000289. The molecule has 2 aliphatic heterocycles. The summed E-state index contributed by atoms with van der Waals surface area (Å²) in [6.07, 6.45) is 6.20. The second kappa shape index (κ2) is 12.5. The first-order valence-corrected chi connectivity index (χ1v) is 12.5. The van der Waals surface area contributed by atoms with Gasteiger partial charge >= 0.3 is 0 Å². The molecule has 1 aromatic heterocycles. The molecule has 0 atom stereocenters. The van der Waals surface area contributed by atoms with E-state index in [9.17, 15) is 0 Å². The van der Waals surface area contributed by atoms with Crippen molar-refractivity contribution in [3.05, 3.63) is 65.9 Å². The van der Waals surface area contributed by atoms with Crippen LogP contribution in [-0.2, 0) is 11.3 Å². The lowest BCUT2D eigenvalue weighted by Crippen LogP contribution is -2.30. The van der Waals surface area contributed by atoms with Gasteiger partial charge in [0.05, 0.1) is 18.5 Å². The van der Waals surface area contributed by atoms with E-state index in [1.165, 1.54) is 5.56 Å². The predicted octanol–water partition coefficient (Wildman–Crippen LogP) is 4.96. The van der Waals surface area contributed by atoms with Crippen LogP contribution >= 0.6 is 12.4 Å². The smallest absolute Gasteiger partial charge is 0.232 e. The van der Waals surface area contributed by atoms with E-state index >= 15 is 0 Å². The van der Waals surface area contributed by atoms with Crippen molar-refractivity contribution in [3.63, 3.8) is 0 Å². The number of ether oxygens (including phenoxy) is 2. The molecule has 0 spiro atoms. The number of piperidine rings is 1. The molecular weight excluding hydrogens is 460 g/mol. The van der Waals surface area contributed by atoms with Gasteiger partial charge in [-0.25, -0.2) is 9.97 Å². The molecule has 186 valence electrons. The summed E-state index contributed by atoms with van der Waals surface area (Å²) in [5, 5.41) is 3.41. The number of benzene rings is 2. The van der Waals surface area contributed by atoms with Gasteiger partial charge in [0.15, 0.2) is 0 Å². The maximum absolute atomic E-state index is 6.12. The molecule has 0 bridgehead atoms. The Morgan fingerprint density at radius 3 is 2.23 bits per heavy atom. The van der Waals surface area contributed by atoms with Crippen LogP contribution in [0.3, 0.4) is 0 Å². The second-order valence-electron chi connectivity index (χ2n) is 9.32. The quantitative estimate of drug-likeness (QED) is 0.483. The minimum atomic E-state index is 0. The Morgan fingerprint density at radius 1 is 0.886 bits per heavy atom. The summed E-state index contributed by atoms with van der Waals surface area (Å²) in [7, 11) is 0. The van der Waals surface area contributed by atoms with Crippen LogP contribution in [-0.4, -0.2) is 42.9 Å². The van der Waals surface area contributed by atoms with E-state index in [-0.39, 0.29) is 12.4 Å². The minimum Gasteiger partial charge on any atom is -0.476 e. The van der Waals surface area contributed by atoms with Crippen molar-refractivity contribution in [1.29, 1.82) is 0 Å². The fourth-order valence-electron chi connectivity index (χ4n) is 4.85. The maximum atomic E-state index is 6.12. The zero-order chi connectivity index (χ0) is 23.2. The topological polar surface area (TPSA) is 82.3 Å². The molecule has 2 aliphatic rings. The summed E-state index contributed by atoms with van der Waals surface area (Å²) in [6, 6.07) is 17.1. The van der Waals surface area contributed by atoms with Gasteiger partial charge in [-0.15, -0.1) is 12.4 Å². The zero-order valence-electron chi connectivity index (χ0n) is 20.1. The molecule has 2 fully saturated rings. The first-order valence-electron chi connectivity index (χ1n) is 12.5. The van der Waals surface area contributed by atoms with E-state index in [0.717, 1.165) is 80.1 Å². The lowest BCUT2D eigenvalue weighted by Gasteiger charge is -2.23. The lowest BCUT2D eigenvalue weighted by molar-refractivity contribution is 0.0853. The third-order valence-electron chi connectivity index (χ3n) is 7.02. The average Bonchev–Trinajstić information content (AvgIpc) is 2.93. The van der Waals surface area contributed by atoms with Crippen LogP contribution in [0.2, 0.25) is 0 Å². The van der Waals surface area contributed by atoms with Crippen molar-refractivity contribution in [2.24, 2.45) is 11.7 Å². The molecule has 35 heavy (non-hydrogen) atoms. The largest absolute Gasteiger partial charge is 0.476 e. The van der Waals surface area contributed by atoms with Crippen LogP contribution in [0, 0.1) is 5.92 Å². The van der Waals surface area contributed by atoms with Gasteiger partial charge in [-0.3, -0.25) is 0 Å². The number of rotatable bonds is 7. The zero-order valence-corrected chi connectivity index (χ0v) is 20.9. The van der Waals surface area contributed by atoms with Crippen molar-refractivity contribution in [3.8, 4) is 28.4 Å². The van der Waals surface area contributed by atoms with Gasteiger partial charge in [0, 0.05) is 30.9 Å². The fraction of sp³-hybridized carbons (Fsp3) is 0.429. The van der Waals surface area contributed by atoms with Crippen LogP contribution < -0.4 is 15.8 Å². The Labute approximate surface area is 214 Å². The van der Waals surface area contributed by atoms with Gasteiger partial charge in [0.25, 0.3) is 0 Å². The van der Waals surface area contributed by atoms with E-state index in [0.29, 0.717) is 30.9 Å². The van der Waals surface area contributed by atoms with Gasteiger partial charge in [0.1, 0.15) is 5.69 Å². The summed E-state index contributed by atoms with van der Waals surface area (Å²) >= 11 is 0. The predicted molar refractivity (Wildman–Crippen MR) is 142 cm³/mol. The van der Waals surface area contributed by atoms with Crippen LogP contribution in [0.4, 0.5) is 0 Å². The number of hydrogen-bond acceptors (Lipinski definition) is 6. The van der Waals surface area contributed by atoms with E-state index in [4.69, 9.17) is 25.2 Å². The SMILES string of the molecule is Cl.NCc1ccc(-c2ncc(OCC3CCNCC3)nc2-c2ccc(C3CCOCC3)cc2)cc1. The number of nitrogens with two attached hydrogens (primary N) is 1. The first-order chi connectivity index (χ1) is 16.8. The summed E-state index contributed by atoms with van der Waals surface area (Å²) in [6.45, 7) is 5.01. The van der Waals surface area contributed by atoms with Gasteiger partial charge < -0.3 is 20.5 Å². The molecule has 3 aromatic rings. The van der Waals surface area contributed by atoms with Crippen LogP contribution in [0.5, 0.6) is 5.88 Å². The summed E-state index contributed by atoms with van der Waals surface area (Å²) < 4.78 is 11.7. The fourth-order valence-corrected chi connectivity index (χ4v) is 4.85. The normalized spacial score (nSPS) is 17.1. The number of aromatic nitrogens is 2. The molecule has 2 aromatic carbocycles. The molecule has 6 nitrogen and oxygen atoms in total. The van der Waals surface area contributed by atoms with Crippen LogP contribution in [0.15, 0.2) is 54.7 Å². The highest BCUT2D eigenvalue weighted by atomic mass is 35.5. The molecule has 2 saturated heterocycles. The van der Waals surface area contributed by atoms with Crippen molar-refractivity contribution >= 4 is 12.4 Å². The van der Waals surface area contributed by atoms with E-state index in [1.54, 1.807) is 6.20 Å². The van der Waals surface area contributed by atoms with Crippen molar-refractivity contribution in [2.45, 2.75) is 38.1 Å². The number of halogens is 1. The molecule has 0 radical (unpaired) electrons. The third-order valence-corrected chi connectivity index (χ3v) is 7.02. The second-order valence-corrected chi connectivity index (χ2v) is 9.32. The summed E-state index contributed by atoms with van der Waals surface area (Å²) in [5.74, 6) is 1.72. The Morgan fingerprint density at radius 2 is 1.54 bits per heavy atom. The van der Waals surface area contributed by atoms with E-state index < -0.39 is 0 Å². The number of nitrogens with zero attached hydrogens (tertiary/aromatic N) is 2. The van der Waals surface area contributed by atoms with Gasteiger partial charge in [0.2, 0.25) is 5.88 Å². The van der Waals surface area contributed by atoms with Crippen molar-refractivity contribution in [2.75, 3.05) is 32.9 Å². The minimum absolute atomic E-state index is 0. The molecule has 3 heterocycles. The highest BCUT2D eigenvalue weighted by Crippen LogP contribution is 2.33. The van der Waals surface area contributed by atoms with Crippen molar-refractivity contribution < 1.29 is 9.47 Å². The number of nitrogens with one attached hydrogen (secondary N) is 1.